The summed E-state index contributed by atoms with van der Waals surface area (Å²) >= 11 is 0. The molecule has 2 unspecified atom stereocenters. The number of hydrogen-bond donors (Lipinski definition) is 1. The highest BCUT2D eigenvalue weighted by atomic mass is 19.2. The quantitative estimate of drug-likeness (QED) is 0.917. The van der Waals surface area contributed by atoms with Gasteiger partial charge in [0.25, 0.3) is 0 Å². The third-order valence-electron chi connectivity index (χ3n) is 2.78. The van der Waals surface area contributed by atoms with Crippen molar-refractivity contribution in [2.75, 3.05) is 0 Å². The fraction of sp³-hybridized carbons (Fsp3) is 0.200. The summed E-state index contributed by atoms with van der Waals surface area (Å²) in [5, 5.41) is 0. The topological polar surface area (TPSA) is 35.2 Å². The first kappa shape index (κ1) is 13.5. The minimum Gasteiger partial charge on any atom is -0.481 e. The van der Waals surface area contributed by atoms with Gasteiger partial charge in [0.2, 0.25) is 5.82 Å². The summed E-state index contributed by atoms with van der Waals surface area (Å²) in [5.41, 5.74) is 6.68. The van der Waals surface area contributed by atoms with Gasteiger partial charge < -0.3 is 10.5 Å². The molecule has 2 aromatic carbocycles. The summed E-state index contributed by atoms with van der Waals surface area (Å²) in [4.78, 5) is 0. The highest BCUT2D eigenvalue weighted by Gasteiger charge is 2.20. The van der Waals surface area contributed by atoms with Crippen LogP contribution in [-0.2, 0) is 0 Å². The van der Waals surface area contributed by atoms with Crippen molar-refractivity contribution >= 4 is 0 Å². The van der Waals surface area contributed by atoms with E-state index in [1.165, 1.54) is 12.1 Å². The second kappa shape index (κ2) is 5.80. The lowest BCUT2D eigenvalue weighted by molar-refractivity contribution is 0.170. The van der Waals surface area contributed by atoms with Crippen LogP contribution in [0.3, 0.4) is 0 Å². The molecule has 0 aliphatic rings. The molecule has 0 amide bonds. The van der Waals surface area contributed by atoms with Crippen molar-refractivity contribution in [3.63, 3.8) is 0 Å². The molecular weight excluding hydrogens is 248 g/mol. The first-order valence-electron chi connectivity index (χ1n) is 6.01. The molecule has 0 spiro atoms. The van der Waals surface area contributed by atoms with Gasteiger partial charge in [-0.2, -0.15) is 4.39 Å². The first-order chi connectivity index (χ1) is 9.09. The van der Waals surface area contributed by atoms with Crippen molar-refractivity contribution in [1.82, 2.24) is 0 Å². The van der Waals surface area contributed by atoms with Crippen molar-refractivity contribution in [3.8, 4) is 5.75 Å². The molecule has 100 valence electrons. The Morgan fingerprint density at radius 1 is 1.00 bits per heavy atom. The summed E-state index contributed by atoms with van der Waals surface area (Å²) in [6.07, 6.45) is -0.530. The number of rotatable bonds is 4. The highest BCUT2D eigenvalue weighted by Crippen LogP contribution is 2.27. The van der Waals surface area contributed by atoms with Crippen molar-refractivity contribution < 1.29 is 13.5 Å². The number of ether oxygens (including phenoxy) is 1. The molecule has 0 radical (unpaired) electrons. The number of nitrogens with two attached hydrogens (primary N) is 1. The van der Waals surface area contributed by atoms with Gasteiger partial charge in [0.1, 0.15) is 6.10 Å². The Morgan fingerprint density at radius 2 is 1.68 bits per heavy atom. The molecule has 0 saturated heterocycles. The van der Waals surface area contributed by atoms with Gasteiger partial charge in [0.15, 0.2) is 11.6 Å². The number of hydrogen-bond acceptors (Lipinski definition) is 2. The lowest BCUT2D eigenvalue weighted by Crippen LogP contribution is -2.29. The van der Waals surface area contributed by atoms with Crippen LogP contribution in [0.2, 0.25) is 0 Å². The molecule has 0 bridgehead atoms. The van der Waals surface area contributed by atoms with E-state index in [1.54, 1.807) is 6.92 Å². The van der Waals surface area contributed by atoms with Crippen LogP contribution in [-0.4, -0.2) is 6.04 Å². The molecule has 0 aliphatic heterocycles. The molecule has 0 aromatic heterocycles. The van der Waals surface area contributed by atoms with Crippen molar-refractivity contribution in [3.05, 3.63) is 65.7 Å². The summed E-state index contributed by atoms with van der Waals surface area (Å²) < 4.78 is 32.3. The van der Waals surface area contributed by atoms with Crippen molar-refractivity contribution in [2.24, 2.45) is 5.73 Å². The van der Waals surface area contributed by atoms with E-state index in [0.717, 1.165) is 11.6 Å². The average Bonchev–Trinajstić information content (AvgIpc) is 2.41. The summed E-state index contributed by atoms with van der Waals surface area (Å²) in [7, 11) is 0. The molecule has 2 rings (SSSR count). The summed E-state index contributed by atoms with van der Waals surface area (Å²) in [6, 6.07) is 12.7. The second-order valence-corrected chi connectivity index (χ2v) is 4.36. The van der Waals surface area contributed by atoms with Crippen LogP contribution in [0, 0.1) is 11.6 Å². The van der Waals surface area contributed by atoms with Gasteiger partial charge in [-0.1, -0.05) is 36.4 Å². The van der Waals surface area contributed by atoms with Gasteiger partial charge in [0.05, 0.1) is 0 Å². The lowest BCUT2D eigenvalue weighted by Gasteiger charge is -2.23. The maximum absolute atomic E-state index is 13.6. The van der Waals surface area contributed by atoms with Crippen LogP contribution < -0.4 is 10.5 Å². The standard InChI is InChI=1S/C15H15F2NO/c1-10(18)15(11-6-3-2-4-7-11)19-13-9-5-8-12(16)14(13)17/h2-10,15H,18H2,1H3. The van der Waals surface area contributed by atoms with Gasteiger partial charge in [-0.25, -0.2) is 4.39 Å². The summed E-state index contributed by atoms with van der Waals surface area (Å²) in [6.45, 7) is 1.76. The fourth-order valence-corrected chi connectivity index (χ4v) is 1.83. The van der Waals surface area contributed by atoms with Gasteiger partial charge in [0, 0.05) is 6.04 Å². The minimum absolute atomic E-state index is 0.133. The fourth-order valence-electron chi connectivity index (χ4n) is 1.83. The SMILES string of the molecule is CC(N)C(Oc1cccc(F)c1F)c1ccccc1. The van der Waals surface area contributed by atoms with Gasteiger partial charge in [-0.3, -0.25) is 0 Å². The average molecular weight is 263 g/mol. The van der Waals surface area contributed by atoms with E-state index in [9.17, 15) is 8.78 Å². The molecule has 0 heterocycles. The van der Waals surface area contributed by atoms with E-state index in [-0.39, 0.29) is 11.8 Å². The number of halogens is 2. The Kier molecular flexibility index (Phi) is 4.12. The highest BCUT2D eigenvalue weighted by molar-refractivity contribution is 5.27. The van der Waals surface area contributed by atoms with Crippen molar-refractivity contribution in [2.45, 2.75) is 19.1 Å². The van der Waals surface area contributed by atoms with Crippen molar-refractivity contribution in [1.29, 1.82) is 0 Å². The molecule has 0 fully saturated rings. The van der Waals surface area contributed by atoms with E-state index >= 15 is 0 Å². The van der Waals surface area contributed by atoms with E-state index in [2.05, 4.69) is 0 Å². The third-order valence-corrected chi connectivity index (χ3v) is 2.78. The predicted molar refractivity (Wildman–Crippen MR) is 69.8 cm³/mol. The van der Waals surface area contributed by atoms with Gasteiger partial charge >= 0.3 is 0 Å². The van der Waals surface area contributed by atoms with E-state index in [1.807, 2.05) is 30.3 Å². The Bertz CT molecular complexity index is 543. The Morgan fingerprint density at radius 3 is 2.32 bits per heavy atom. The van der Waals surface area contributed by atoms with E-state index < -0.39 is 17.7 Å². The molecular formula is C15H15F2NO. The zero-order valence-electron chi connectivity index (χ0n) is 10.5. The normalized spacial score (nSPS) is 13.9. The molecule has 4 heteroatoms. The zero-order chi connectivity index (χ0) is 13.8. The smallest absolute Gasteiger partial charge is 0.200 e. The Balaban J connectivity index is 2.30. The number of benzene rings is 2. The maximum atomic E-state index is 13.6. The monoisotopic (exact) mass is 263 g/mol. The van der Waals surface area contributed by atoms with Gasteiger partial charge in [-0.15, -0.1) is 0 Å². The van der Waals surface area contributed by atoms with Crippen LogP contribution in [0.1, 0.15) is 18.6 Å². The molecule has 2 nitrogen and oxygen atoms in total. The lowest BCUT2D eigenvalue weighted by atomic mass is 10.0. The maximum Gasteiger partial charge on any atom is 0.200 e. The summed E-state index contributed by atoms with van der Waals surface area (Å²) in [5.74, 6) is -2.07. The molecule has 0 saturated carbocycles. The first-order valence-corrected chi connectivity index (χ1v) is 6.01. The largest absolute Gasteiger partial charge is 0.481 e. The molecule has 19 heavy (non-hydrogen) atoms. The molecule has 2 aromatic rings. The third kappa shape index (κ3) is 3.09. The minimum atomic E-state index is -0.996. The van der Waals surface area contributed by atoms with Crippen LogP contribution >= 0.6 is 0 Å². The zero-order valence-corrected chi connectivity index (χ0v) is 10.5. The van der Waals surface area contributed by atoms with E-state index in [0.29, 0.717) is 0 Å². The van der Waals surface area contributed by atoms with Crippen LogP contribution in [0.15, 0.2) is 48.5 Å². The Hall–Kier alpha value is -1.94. The molecule has 2 N–H and O–H groups in total. The molecule has 0 aliphatic carbocycles. The van der Waals surface area contributed by atoms with Crippen LogP contribution in [0.25, 0.3) is 0 Å². The van der Waals surface area contributed by atoms with Crippen LogP contribution in [0.5, 0.6) is 5.75 Å². The second-order valence-electron chi connectivity index (χ2n) is 4.36. The Labute approximate surface area is 110 Å². The van der Waals surface area contributed by atoms with Crippen LogP contribution in [0.4, 0.5) is 8.78 Å². The molecule has 2 atom stereocenters. The predicted octanol–water partition coefficient (Wildman–Crippen LogP) is 3.43. The van der Waals surface area contributed by atoms with Gasteiger partial charge in [-0.05, 0) is 24.6 Å². The van der Waals surface area contributed by atoms with E-state index in [4.69, 9.17) is 10.5 Å².